The van der Waals surface area contributed by atoms with Crippen LogP contribution in [0.1, 0.15) is 35.2 Å². The van der Waals surface area contributed by atoms with Crippen molar-refractivity contribution in [2.45, 2.75) is 25.4 Å². The summed E-state index contributed by atoms with van der Waals surface area (Å²) in [6.45, 7) is 0. The Bertz CT molecular complexity index is 1500. The van der Waals surface area contributed by atoms with Crippen LogP contribution in [0.5, 0.6) is 0 Å². The van der Waals surface area contributed by atoms with Crippen molar-refractivity contribution in [3.05, 3.63) is 77.6 Å². The number of fused-ring (bicyclic) bond motifs is 1. The number of hydrogen-bond acceptors (Lipinski definition) is 4. The molecule has 0 aliphatic heterocycles. The van der Waals surface area contributed by atoms with Gasteiger partial charge in [-0.2, -0.15) is 13.2 Å². The number of alkyl halides is 3. The van der Waals surface area contributed by atoms with Crippen molar-refractivity contribution < 1.29 is 32.3 Å². The molecule has 4 aromatic rings. The summed E-state index contributed by atoms with van der Waals surface area (Å²) in [6.07, 6.45) is -3.29. The van der Waals surface area contributed by atoms with Gasteiger partial charge < -0.3 is 15.4 Å². The van der Waals surface area contributed by atoms with Gasteiger partial charge in [0, 0.05) is 11.5 Å². The number of carbonyl (C=O) groups is 2. The number of benzene rings is 3. The lowest BCUT2D eigenvalue weighted by atomic mass is 9.87. The number of anilines is 2. The Morgan fingerprint density at radius 1 is 1.00 bits per heavy atom. The van der Waals surface area contributed by atoms with Gasteiger partial charge in [0.15, 0.2) is 11.6 Å². The highest BCUT2D eigenvalue weighted by Gasteiger charge is 2.39. The molecule has 10 heteroatoms. The molecule has 190 valence electrons. The van der Waals surface area contributed by atoms with Crippen LogP contribution in [0.15, 0.2) is 60.7 Å². The number of aliphatic carboxylic acids is 1. The van der Waals surface area contributed by atoms with Crippen molar-refractivity contribution in [1.82, 2.24) is 9.97 Å². The van der Waals surface area contributed by atoms with Crippen LogP contribution in [-0.4, -0.2) is 26.8 Å². The van der Waals surface area contributed by atoms with Gasteiger partial charge in [0.1, 0.15) is 0 Å². The Labute approximate surface area is 208 Å². The normalized spacial score (nSPS) is 17.7. The van der Waals surface area contributed by atoms with E-state index in [9.17, 15) is 27.9 Å². The largest absolute Gasteiger partial charge is 0.481 e. The molecule has 0 amide bonds. The number of carboxylic acids is 1. The number of Topliss-reactive ketones (excluding diaryl/α,β-unsaturated/α-hetero) is 1. The van der Waals surface area contributed by atoms with Crippen LogP contribution in [0.4, 0.5) is 29.2 Å². The van der Waals surface area contributed by atoms with Crippen molar-refractivity contribution in [3.63, 3.8) is 0 Å². The highest BCUT2D eigenvalue weighted by molar-refractivity contribution is 6.02. The zero-order valence-electron chi connectivity index (χ0n) is 19.3. The number of nitrogens with zero attached hydrogens (tertiary/aromatic N) is 1. The summed E-state index contributed by atoms with van der Waals surface area (Å²) in [4.78, 5) is 31.8. The van der Waals surface area contributed by atoms with Crippen LogP contribution in [-0.2, 0) is 11.0 Å². The fourth-order valence-electron chi connectivity index (χ4n) is 4.88. The van der Waals surface area contributed by atoms with Crippen molar-refractivity contribution in [3.8, 4) is 11.1 Å². The number of aromatic nitrogens is 2. The third-order valence-corrected chi connectivity index (χ3v) is 6.71. The van der Waals surface area contributed by atoms with Gasteiger partial charge in [-0.15, -0.1) is 0 Å². The second-order valence-corrected chi connectivity index (χ2v) is 9.00. The van der Waals surface area contributed by atoms with E-state index in [1.165, 1.54) is 12.1 Å². The molecule has 0 saturated heterocycles. The minimum atomic E-state index is -4.54. The average Bonchev–Trinajstić information content (AvgIpc) is 3.51. The number of imidazole rings is 1. The summed E-state index contributed by atoms with van der Waals surface area (Å²) in [5, 5.41) is 12.3. The summed E-state index contributed by atoms with van der Waals surface area (Å²) < 4.78 is 55.4. The van der Waals surface area contributed by atoms with Gasteiger partial charge in [-0.05, 0) is 42.7 Å². The number of aromatic amines is 1. The highest BCUT2D eigenvalue weighted by Crippen LogP contribution is 2.39. The molecule has 1 aromatic heterocycles. The Morgan fingerprint density at radius 2 is 1.73 bits per heavy atom. The summed E-state index contributed by atoms with van der Waals surface area (Å²) in [7, 11) is 0. The van der Waals surface area contributed by atoms with Crippen LogP contribution in [0.25, 0.3) is 22.2 Å². The van der Waals surface area contributed by atoms with Crippen molar-refractivity contribution in [1.29, 1.82) is 0 Å². The second-order valence-electron chi connectivity index (χ2n) is 9.00. The number of ketones is 1. The van der Waals surface area contributed by atoms with Gasteiger partial charge in [-0.3, -0.25) is 9.59 Å². The molecular formula is C27H21F4N3O3. The van der Waals surface area contributed by atoms with E-state index in [1.54, 1.807) is 36.4 Å². The van der Waals surface area contributed by atoms with Gasteiger partial charge in [-0.25, -0.2) is 9.37 Å². The molecule has 3 N–H and O–H groups in total. The first-order chi connectivity index (χ1) is 17.6. The van der Waals surface area contributed by atoms with Crippen molar-refractivity contribution in [2.75, 3.05) is 5.32 Å². The minimum absolute atomic E-state index is 0.0146. The first-order valence-corrected chi connectivity index (χ1v) is 11.6. The van der Waals surface area contributed by atoms with E-state index < -0.39 is 41.1 Å². The Morgan fingerprint density at radius 3 is 2.43 bits per heavy atom. The molecule has 2 atom stereocenters. The molecule has 1 saturated carbocycles. The second kappa shape index (κ2) is 9.34. The molecule has 1 aliphatic carbocycles. The Balaban J connectivity index is 1.58. The van der Waals surface area contributed by atoms with E-state index >= 15 is 4.39 Å². The van der Waals surface area contributed by atoms with Gasteiger partial charge in [0.2, 0.25) is 5.95 Å². The van der Waals surface area contributed by atoms with Gasteiger partial charge in [-0.1, -0.05) is 42.8 Å². The fraction of sp³-hybridized carbons (Fsp3) is 0.222. The smallest absolute Gasteiger partial charge is 0.416 e. The lowest BCUT2D eigenvalue weighted by Gasteiger charge is -2.18. The summed E-state index contributed by atoms with van der Waals surface area (Å²) in [5.74, 6) is -4.30. The molecule has 1 fully saturated rings. The third kappa shape index (κ3) is 4.66. The summed E-state index contributed by atoms with van der Waals surface area (Å²) >= 11 is 0. The van der Waals surface area contributed by atoms with E-state index in [0.29, 0.717) is 30.4 Å². The van der Waals surface area contributed by atoms with Crippen LogP contribution >= 0.6 is 0 Å². The Kier molecular flexibility index (Phi) is 6.18. The first-order valence-electron chi connectivity index (χ1n) is 11.6. The number of rotatable bonds is 6. The predicted octanol–water partition coefficient (Wildman–Crippen LogP) is 6.82. The molecule has 0 spiro atoms. The number of nitrogens with one attached hydrogen (secondary N) is 2. The molecule has 6 nitrogen and oxygen atoms in total. The maximum absolute atomic E-state index is 16.0. The zero-order valence-corrected chi connectivity index (χ0v) is 19.3. The van der Waals surface area contributed by atoms with Gasteiger partial charge in [0.25, 0.3) is 0 Å². The molecule has 5 rings (SSSR count). The van der Waals surface area contributed by atoms with E-state index in [4.69, 9.17) is 0 Å². The molecule has 0 radical (unpaired) electrons. The summed E-state index contributed by atoms with van der Waals surface area (Å²) in [5.41, 5.74) is 0.146. The molecule has 1 heterocycles. The number of carboxylic acid groups (broad SMARTS) is 1. The molecule has 37 heavy (non-hydrogen) atoms. The van der Waals surface area contributed by atoms with Crippen LogP contribution in [0.2, 0.25) is 0 Å². The quantitative estimate of drug-likeness (QED) is 0.195. The maximum Gasteiger partial charge on any atom is 0.416 e. The molecule has 0 bridgehead atoms. The third-order valence-electron chi connectivity index (χ3n) is 6.71. The standard InChI is InChI=1S/C27H21F4N3O3/c28-22-19(24(35)17-7-4-8-18(17)25(36)37)11-10-16(14-5-2-1-3-6-14)23(22)34-26-32-20-12-9-15(27(29,30)31)13-21(20)33-26/h1-3,5-6,9-13,17-18H,4,7-8H2,(H,36,37)(H2,32,33,34)/t17-,18-/m1/s1. The van der Waals surface area contributed by atoms with Crippen molar-refractivity contribution in [2.24, 2.45) is 11.8 Å². The topological polar surface area (TPSA) is 95.1 Å². The zero-order chi connectivity index (χ0) is 26.3. The van der Waals surface area contributed by atoms with E-state index in [1.807, 2.05) is 0 Å². The van der Waals surface area contributed by atoms with E-state index in [-0.39, 0.29) is 28.2 Å². The van der Waals surface area contributed by atoms with Crippen LogP contribution in [0, 0.1) is 17.7 Å². The number of H-pyrrole nitrogens is 1. The SMILES string of the molecule is O=C(O)[C@@H]1CCC[C@H]1C(=O)c1ccc(-c2ccccc2)c(Nc2nc3ccc(C(F)(F)F)cc3[nH]2)c1F. The van der Waals surface area contributed by atoms with Gasteiger partial charge in [0.05, 0.1) is 33.8 Å². The average molecular weight is 511 g/mol. The molecule has 3 aromatic carbocycles. The van der Waals surface area contributed by atoms with Crippen molar-refractivity contribution >= 4 is 34.4 Å². The first kappa shape index (κ1) is 24.5. The molecular weight excluding hydrogens is 490 g/mol. The van der Waals surface area contributed by atoms with Crippen LogP contribution < -0.4 is 5.32 Å². The molecule has 0 unspecified atom stereocenters. The Hall–Kier alpha value is -4.21. The minimum Gasteiger partial charge on any atom is -0.481 e. The lowest BCUT2D eigenvalue weighted by molar-refractivity contribution is -0.142. The summed E-state index contributed by atoms with van der Waals surface area (Å²) in [6, 6.07) is 14.7. The number of halogens is 4. The van der Waals surface area contributed by atoms with E-state index in [0.717, 1.165) is 12.1 Å². The monoisotopic (exact) mass is 511 g/mol. The van der Waals surface area contributed by atoms with E-state index in [2.05, 4.69) is 15.3 Å². The van der Waals surface area contributed by atoms with Gasteiger partial charge >= 0.3 is 12.1 Å². The number of hydrogen-bond donors (Lipinski definition) is 3. The fourth-order valence-corrected chi connectivity index (χ4v) is 4.88. The predicted molar refractivity (Wildman–Crippen MR) is 129 cm³/mol. The highest BCUT2D eigenvalue weighted by atomic mass is 19.4. The van der Waals surface area contributed by atoms with Crippen LogP contribution in [0.3, 0.4) is 0 Å². The molecule has 1 aliphatic rings. The maximum atomic E-state index is 16.0. The number of carbonyl (C=O) groups excluding carboxylic acids is 1. The lowest BCUT2D eigenvalue weighted by Crippen LogP contribution is -2.26.